The molecule has 0 amide bonds. The van der Waals surface area contributed by atoms with Crippen LogP contribution in [0.5, 0.6) is 0 Å². The van der Waals surface area contributed by atoms with Crippen LogP contribution in [0.1, 0.15) is 16.2 Å². The Morgan fingerprint density at radius 2 is 2.21 bits per heavy atom. The van der Waals surface area contributed by atoms with Crippen LogP contribution in [0, 0.1) is 0 Å². The molecule has 0 unspecified atom stereocenters. The molecular weight excluding hydrogens is 244 g/mol. The summed E-state index contributed by atoms with van der Waals surface area (Å²) in [5.41, 5.74) is 7.18. The molecule has 3 rings (SSSR count). The van der Waals surface area contributed by atoms with Crippen LogP contribution in [0.15, 0.2) is 30.6 Å². The van der Waals surface area contributed by atoms with Gasteiger partial charge in [-0.2, -0.15) is 0 Å². The number of fused-ring (bicyclic) bond motifs is 1. The maximum Gasteiger partial charge on any atom is 0.337 e. The van der Waals surface area contributed by atoms with Gasteiger partial charge in [0.25, 0.3) is 0 Å². The van der Waals surface area contributed by atoms with Crippen molar-refractivity contribution in [1.29, 1.82) is 0 Å². The van der Waals surface area contributed by atoms with Crippen LogP contribution < -0.4 is 10.6 Å². The van der Waals surface area contributed by atoms with Crippen molar-refractivity contribution in [3.05, 3.63) is 42.0 Å². The van der Waals surface area contributed by atoms with Gasteiger partial charge in [-0.1, -0.05) is 6.07 Å². The molecule has 0 saturated carbocycles. The largest absolute Gasteiger partial charge is 0.478 e. The Kier molecular flexibility index (Phi) is 2.63. The van der Waals surface area contributed by atoms with Gasteiger partial charge in [0, 0.05) is 25.5 Å². The first-order valence-corrected chi connectivity index (χ1v) is 6.03. The number of nitrogen functional groups attached to an aromatic ring is 1. The molecule has 6 heteroatoms. The van der Waals surface area contributed by atoms with Gasteiger partial charge in [0.2, 0.25) is 0 Å². The second-order valence-electron chi connectivity index (χ2n) is 4.50. The maximum absolute atomic E-state index is 11.1. The molecule has 1 aliphatic rings. The predicted octanol–water partition coefficient (Wildman–Crippen LogP) is 1.18. The van der Waals surface area contributed by atoms with Gasteiger partial charge in [-0.25, -0.2) is 9.78 Å². The van der Waals surface area contributed by atoms with Crippen molar-refractivity contribution in [2.75, 3.05) is 17.2 Å². The number of benzene rings is 1. The molecule has 6 nitrogen and oxygen atoms in total. The van der Waals surface area contributed by atoms with Crippen molar-refractivity contribution in [3.63, 3.8) is 0 Å². The number of aromatic nitrogens is 2. The number of nitrogens with zero attached hydrogens (tertiary/aromatic N) is 3. The number of anilines is 2. The summed E-state index contributed by atoms with van der Waals surface area (Å²) in [6.07, 6.45) is 3.72. The van der Waals surface area contributed by atoms with Crippen molar-refractivity contribution in [1.82, 2.24) is 9.55 Å². The fourth-order valence-corrected chi connectivity index (χ4v) is 2.39. The summed E-state index contributed by atoms with van der Waals surface area (Å²) < 4.78 is 2.09. The third kappa shape index (κ3) is 1.91. The Morgan fingerprint density at radius 3 is 3.00 bits per heavy atom. The number of carboxylic acid groups (broad SMARTS) is 1. The van der Waals surface area contributed by atoms with E-state index in [-0.39, 0.29) is 5.56 Å². The van der Waals surface area contributed by atoms with E-state index in [0.29, 0.717) is 12.2 Å². The normalized spacial score (nSPS) is 14.2. The summed E-state index contributed by atoms with van der Waals surface area (Å²) in [6, 6.07) is 5.09. The molecule has 0 spiro atoms. The van der Waals surface area contributed by atoms with Crippen LogP contribution >= 0.6 is 0 Å². The second-order valence-corrected chi connectivity index (χ2v) is 4.50. The Morgan fingerprint density at radius 1 is 1.37 bits per heavy atom. The van der Waals surface area contributed by atoms with Gasteiger partial charge in [0.15, 0.2) is 0 Å². The number of imidazole rings is 1. The molecule has 0 aliphatic carbocycles. The highest BCUT2D eigenvalue weighted by molar-refractivity contribution is 5.97. The molecule has 3 N–H and O–H groups in total. The summed E-state index contributed by atoms with van der Waals surface area (Å²) in [4.78, 5) is 17.4. The molecule has 0 saturated heterocycles. The van der Waals surface area contributed by atoms with Crippen molar-refractivity contribution in [3.8, 4) is 0 Å². The van der Waals surface area contributed by atoms with Gasteiger partial charge < -0.3 is 20.3 Å². The highest BCUT2D eigenvalue weighted by atomic mass is 16.4. The quantitative estimate of drug-likeness (QED) is 0.790. The minimum atomic E-state index is -1.00. The minimum absolute atomic E-state index is 0.145. The van der Waals surface area contributed by atoms with E-state index < -0.39 is 5.97 Å². The Balaban J connectivity index is 1.96. The lowest BCUT2D eigenvalue weighted by Gasteiger charge is -2.30. The van der Waals surface area contributed by atoms with Gasteiger partial charge in [-0.15, -0.1) is 0 Å². The van der Waals surface area contributed by atoms with Crippen LogP contribution in [0.4, 0.5) is 11.4 Å². The molecule has 2 heterocycles. The highest BCUT2D eigenvalue weighted by Crippen LogP contribution is 2.29. The first-order valence-electron chi connectivity index (χ1n) is 6.03. The zero-order chi connectivity index (χ0) is 13.4. The van der Waals surface area contributed by atoms with Crippen LogP contribution in [-0.4, -0.2) is 27.2 Å². The monoisotopic (exact) mass is 258 g/mol. The number of hydrogen-bond donors (Lipinski definition) is 2. The first kappa shape index (κ1) is 11.6. The fraction of sp³-hybridized carbons (Fsp3) is 0.231. The SMILES string of the molecule is Nc1c(C(=O)O)cccc1N1CCn2ccnc2C1. The standard InChI is InChI=1S/C13H14N4O2/c14-12-9(13(18)19)2-1-3-10(12)17-7-6-16-5-4-15-11(16)8-17/h1-5H,6-8,14H2,(H,18,19). The van der Waals surface area contributed by atoms with Gasteiger partial charge in [-0.3, -0.25) is 0 Å². The number of carbonyl (C=O) groups is 1. The molecule has 1 aliphatic heterocycles. The third-order valence-electron chi connectivity index (χ3n) is 3.40. The van der Waals surface area contributed by atoms with Crippen molar-refractivity contribution in [2.24, 2.45) is 0 Å². The molecule has 0 radical (unpaired) electrons. The van der Waals surface area contributed by atoms with E-state index in [9.17, 15) is 4.79 Å². The van der Waals surface area contributed by atoms with E-state index in [1.165, 1.54) is 6.07 Å². The molecule has 2 aromatic rings. The fourth-order valence-electron chi connectivity index (χ4n) is 2.39. The molecule has 1 aromatic heterocycles. The van der Waals surface area contributed by atoms with Crippen molar-refractivity contribution < 1.29 is 9.90 Å². The number of para-hydroxylation sites is 1. The molecule has 19 heavy (non-hydrogen) atoms. The van der Waals surface area contributed by atoms with Gasteiger partial charge in [0.05, 0.1) is 23.5 Å². The average Bonchev–Trinajstić information content (AvgIpc) is 2.85. The van der Waals surface area contributed by atoms with E-state index >= 15 is 0 Å². The average molecular weight is 258 g/mol. The summed E-state index contributed by atoms with van der Waals surface area (Å²) in [6.45, 7) is 2.25. The van der Waals surface area contributed by atoms with Crippen molar-refractivity contribution in [2.45, 2.75) is 13.1 Å². The van der Waals surface area contributed by atoms with Gasteiger partial charge in [-0.05, 0) is 12.1 Å². The van der Waals surface area contributed by atoms with Crippen LogP contribution in [0.3, 0.4) is 0 Å². The van der Waals surface area contributed by atoms with E-state index in [1.807, 2.05) is 12.3 Å². The third-order valence-corrected chi connectivity index (χ3v) is 3.40. The first-order chi connectivity index (χ1) is 9.16. The summed E-state index contributed by atoms with van der Waals surface area (Å²) in [5.74, 6) is -0.0377. The summed E-state index contributed by atoms with van der Waals surface area (Å²) in [5, 5.41) is 9.10. The zero-order valence-electron chi connectivity index (χ0n) is 10.3. The van der Waals surface area contributed by atoms with E-state index in [0.717, 1.165) is 24.6 Å². The van der Waals surface area contributed by atoms with Crippen LogP contribution in [0.25, 0.3) is 0 Å². The van der Waals surface area contributed by atoms with Crippen LogP contribution in [0.2, 0.25) is 0 Å². The smallest absolute Gasteiger partial charge is 0.337 e. The number of hydrogen-bond acceptors (Lipinski definition) is 4. The van der Waals surface area contributed by atoms with E-state index in [4.69, 9.17) is 10.8 Å². The number of nitrogens with two attached hydrogens (primary N) is 1. The lowest BCUT2D eigenvalue weighted by Crippen LogP contribution is -2.34. The summed E-state index contributed by atoms with van der Waals surface area (Å²) >= 11 is 0. The molecular formula is C13H14N4O2. The topological polar surface area (TPSA) is 84.4 Å². The van der Waals surface area contributed by atoms with Crippen molar-refractivity contribution >= 4 is 17.3 Å². The number of rotatable bonds is 2. The lowest BCUT2D eigenvalue weighted by atomic mass is 10.1. The molecule has 0 fully saturated rings. The maximum atomic E-state index is 11.1. The number of aromatic carboxylic acids is 1. The van der Waals surface area contributed by atoms with Crippen LogP contribution in [-0.2, 0) is 13.1 Å². The molecule has 0 bridgehead atoms. The lowest BCUT2D eigenvalue weighted by molar-refractivity contribution is 0.0698. The van der Waals surface area contributed by atoms with E-state index in [1.54, 1.807) is 12.3 Å². The Labute approximate surface area is 110 Å². The Bertz CT molecular complexity index is 635. The number of carboxylic acids is 1. The second kappa shape index (κ2) is 4.31. The minimum Gasteiger partial charge on any atom is -0.478 e. The van der Waals surface area contributed by atoms with Gasteiger partial charge in [0.1, 0.15) is 5.82 Å². The molecule has 98 valence electrons. The van der Waals surface area contributed by atoms with Gasteiger partial charge >= 0.3 is 5.97 Å². The zero-order valence-corrected chi connectivity index (χ0v) is 10.3. The summed E-state index contributed by atoms with van der Waals surface area (Å²) in [7, 11) is 0. The van der Waals surface area contributed by atoms with E-state index in [2.05, 4.69) is 14.5 Å². The highest BCUT2D eigenvalue weighted by Gasteiger charge is 2.20. The molecule has 1 aromatic carbocycles. The Hall–Kier alpha value is -2.50. The molecule has 0 atom stereocenters. The predicted molar refractivity (Wildman–Crippen MR) is 71.1 cm³/mol.